The van der Waals surface area contributed by atoms with E-state index in [0.29, 0.717) is 0 Å². The van der Waals surface area contributed by atoms with Crippen LogP contribution in [0.15, 0.2) is 59.5 Å². The molecule has 26 heavy (non-hydrogen) atoms. The molecule has 2 N–H and O–H groups in total. The van der Waals surface area contributed by atoms with E-state index in [-0.39, 0.29) is 19.0 Å². The van der Waals surface area contributed by atoms with Crippen LogP contribution >= 0.6 is 0 Å². The van der Waals surface area contributed by atoms with Gasteiger partial charge in [-0.2, -0.15) is 4.31 Å². The Balaban J connectivity index is 1.90. The van der Waals surface area contributed by atoms with Gasteiger partial charge < -0.3 is 10.5 Å². The van der Waals surface area contributed by atoms with Crippen molar-refractivity contribution in [1.82, 2.24) is 4.31 Å². The molecule has 1 heterocycles. The Bertz CT molecular complexity index is 872. The SMILES string of the molecule is N[C@@H]1CN(S(=O)(=O)c2ccccc2OC(F)(F)F)C[C@H]1c1ccccc1. The van der Waals surface area contributed by atoms with Gasteiger partial charge in [-0.15, -0.1) is 13.2 Å². The minimum absolute atomic E-state index is 0.0161. The van der Waals surface area contributed by atoms with Gasteiger partial charge in [0.15, 0.2) is 0 Å². The molecule has 2 aromatic carbocycles. The van der Waals surface area contributed by atoms with E-state index in [1.807, 2.05) is 30.3 Å². The molecule has 3 rings (SSSR count). The number of para-hydroxylation sites is 1. The number of rotatable bonds is 4. The molecule has 0 amide bonds. The third-order valence-electron chi connectivity index (χ3n) is 4.25. The highest BCUT2D eigenvalue weighted by Crippen LogP contribution is 2.35. The average molecular weight is 386 g/mol. The second-order valence-corrected chi connectivity index (χ2v) is 7.90. The van der Waals surface area contributed by atoms with Crippen LogP contribution in [0.25, 0.3) is 0 Å². The third kappa shape index (κ3) is 3.84. The topological polar surface area (TPSA) is 72.6 Å². The number of nitrogens with two attached hydrogens (primary N) is 1. The number of halogens is 3. The van der Waals surface area contributed by atoms with E-state index in [4.69, 9.17) is 5.73 Å². The summed E-state index contributed by atoms with van der Waals surface area (Å²) in [5.74, 6) is -0.988. The number of hydrogen-bond acceptors (Lipinski definition) is 4. The highest BCUT2D eigenvalue weighted by atomic mass is 32.2. The summed E-state index contributed by atoms with van der Waals surface area (Å²) in [5.41, 5.74) is 6.99. The molecule has 0 radical (unpaired) electrons. The molecule has 1 aliphatic heterocycles. The lowest BCUT2D eigenvalue weighted by atomic mass is 9.95. The van der Waals surface area contributed by atoms with E-state index in [1.54, 1.807) is 0 Å². The summed E-state index contributed by atoms with van der Waals surface area (Å²) in [6.07, 6.45) is -4.99. The number of nitrogens with zero attached hydrogens (tertiary/aromatic N) is 1. The number of sulfonamides is 1. The zero-order valence-electron chi connectivity index (χ0n) is 13.6. The lowest BCUT2D eigenvalue weighted by Gasteiger charge is -2.19. The molecule has 2 atom stereocenters. The predicted octanol–water partition coefficient (Wildman–Crippen LogP) is 2.70. The summed E-state index contributed by atoms with van der Waals surface area (Å²) in [6, 6.07) is 13.4. The monoisotopic (exact) mass is 386 g/mol. The van der Waals surface area contributed by atoms with E-state index < -0.39 is 33.1 Å². The van der Waals surface area contributed by atoms with Gasteiger partial charge in [-0.25, -0.2) is 8.42 Å². The summed E-state index contributed by atoms with van der Waals surface area (Å²) >= 11 is 0. The first-order valence-electron chi connectivity index (χ1n) is 7.84. The minimum atomic E-state index is -4.99. The maximum Gasteiger partial charge on any atom is 0.573 e. The van der Waals surface area contributed by atoms with Gasteiger partial charge in [-0.3, -0.25) is 0 Å². The van der Waals surface area contributed by atoms with Crippen LogP contribution in [-0.4, -0.2) is 38.2 Å². The van der Waals surface area contributed by atoms with Crippen LogP contribution in [0.2, 0.25) is 0 Å². The molecule has 0 saturated carbocycles. The zero-order valence-corrected chi connectivity index (χ0v) is 14.4. The average Bonchev–Trinajstić information content (AvgIpc) is 2.97. The molecule has 2 aromatic rings. The normalized spacial score (nSPS) is 21.7. The first kappa shape index (κ1) is 18.7. The first-order valence-corrected chi connectivity index (χ1v) is 9.28. The second-order valence-electron chi connectivity index (χ2n) is 6.00. The molecule has 1 aliphatic rings. The van der Waals surface area contributed by atoms with Crippen LogP contribution in [0, 0.1) is 0 Å². The molecular weight excluding hydrogens is 369 g/mol. The van der Waals surface area contributed by atoms with Crippen molar-refractivity contribution in [3.63, 3.8) is 0 Å². The molecule has 0 aliphatic carbocycles. The first-order chi connectivity index (χ1) is 12.2. The van der Waals surface area contributed by atoms with Gasteiger partial charge in [0, 0.05) is 25.0 Å². The van der Waals surface area contributed by atoms with Crippen molar-refractivity contribution in [3.8, 4) is 5.75 Å². The van der Waals surface area contributed by atoms with Crippen molar-refractivity contribution in [2.24, 2.45) is 5.73 Å². The lowest BCUT2D eigenvalue weighted by molar-refractivity contribution is -0.275. The molecule has 1 saturated heterocycles. The van der Waals surface area contributed by atoms with Gasteiger partial charge in [0.25, 0.3) is 0 Å². The summed E-state index contributed by atoms with van der Waals surface area (Å²) in [6.45, 7) is 0.107. The fourth-order valence-corrected chi connectivity index (χ4v) is 4.67. The highest BCUT2D eigenvalue weighted by Gasteiger charge is 2.41. The van der Waals surface area contributed by atoms with Gasteiger partial charge in [0.1, 0.15) is 10.6 Å². The van der Waals surface area contributed by atoms with Crippen LogP contribution in [0.3, 0.4) is 0 Å². The number of ether oxygens (including phenoxy) is 1. The Morgan fingerprint density at radius 3 is 2.27 bits per heavy atom. The molecule has 0 aromatic heterocycles. The fourth-order valence-electron chi connectivity index (χ4n) is 3.05. The summed E-state index contributed by atoms with van der Waals surface area (Å²) < 4.78 is 68.5. The van der Waals surface area contributed by atoms with Crippen molar-refractivity contribution in [2.75, 3.05) is 13.1 Å². The number of alkyl halides is 3. The van der Waals surface area contributed by atoms with Crippen LogP contribution in [-0.2, 0) is 10.0 Å². The molecule has 140 valence electrons. The smallest absolute Gasteiger partial charge is 0.404 e. The molecule has 1 fully saturated rings. The molecular formula is C17H17F3N2O3S. The number of benzene rings is 2. The zero-order chi connectivity index (χ0) is 18.9. The third-order valence-corrected chi connectivity index (χ3v) is 6.12. The van der Waals surface area contributed by atoms with Crippen molar-refractivity contribution < 1.29 is 26.3 Å². The molecule has 0 spiro atoms. The Morgan fingerprint density at radius 2 is 1.62 bits per heavy atom. The van der Waals surface area contributed by atoms with Gasteiger partial charge in [0.2, 0.25) is 10.0 Å². The van der Waals surface area contributed by atoms with Crippen molar-refractivity contribution >= 4 is 10.0 Å². The summed E-state index contributed by atoms with van der Waals surface area (Å²) in [4.78, 5) is -0.529. The molecule has 5 nitrogen and oxygen atoms in total. The van der Waals surface area contributed by atoms with Gasteiger partial charge in [0.05, 0.1) is 0 Å². The quantitative estimate of drug-likeness (QED) is 0.877. The molecule has 0 bridgehead atoms. The van der Waals surface area contributed by atoms with Crippen molar-refractivity contribution in [1.29, 1.82) is 0 Å². The van der Waals surface area contributed by atoms with Crippen molar-refractivity contribution in [2.45, 2.75) is 23.2 Å². The Morgan fingerprint density at radius 1 is 1.00 bits per heavy atom. The predicted molar refractivity (Wildman–Crippen MR) is 89.0 cm³/mol. The van der Waals surface area contributed by atoms with Crippen molar-refractivity contribution in [3.05, 3.63) is 60.2 Å². The largest absolute Gasteiger partial charge is 0.573 e. The standard InChI is InChI=1S/C17H17F3N2O3S/c18-17(19,20)25-15-8-4-5-9-16(15)26(23,24)22-10-13(14(21)11-22)12-6-2-1-3-7-12/h1-9,13-14H,10-11,21H2/t13-,14+/m0/s1. The van der Waals surface area contributed by atoms with E-state index in [9.17, 15) is 21.6 Å². The van der Waals surface area contributed by atoms with Crippen LogP contribution in [0.4, 0.5) is 13.2 Å². The summed E-state index contributed by atoms with van der Waals surface area (Å²) in [5, 5.41) is 0. The Hall–Kier alpha value is -2.10. The highest BCUT2D eigenvalue weighted by molar-refractivity contribution is 7.89. The lowest BCUT2D eigenvalue weighted by Crippen LogP contribution is -2.32. The number of hydrogen-bond donors (Lipinski definition) is 1. The fraction of sp³-hybridized carbons (Fsp3) is 0.294. The minimum Gasteiger partial charge on any atom is -0.404 e. The van der Waals surface area contributed by atoms with Gasteiger partial charge in [-0.1, -0.05) is 42.5 Å². The molecule has 9 heteroatoms. The van der Waals surface area contributed by atoms with E-state index in [2.05, 4.69) is 4.74 Å². The van der Waals surface area contributed by atoms with Gasteiger partial charge >= 0.3 is 6.36 Å². The van der Waals surface area contributed by atoms with Gasteiger partial charge in [-0.05, 0) is 17.7 Å². The molecule has 0 unspecified atom stereocenters. The maximum absolute atomic E-state index is 12.9. The maximum atomic E-state index is 12.9. The Kier molecular flexibility index (Phi) is 4.96. The second kappa shape index (κ2) is 6.90. The van der Waals surface area contributed by atoms with Crippen LogP contribution in [0.5, 0.6) is 5.75 Å². The van der Waals surface area contributed by atoms with E-state index in [0.717, 1.165) is 22.0 Å². The van der Waals surface area contributed by atoms with E-state index >= 15 is 0 Å². The van der Waals surface area contributed by atoms with Crippen LogP contribution < -0.4 is 10.5 Å². The van der Waals surface area contributed by atoms with Crippen LogP contribution in [0.1, 0.15) is 11.5 Å². The van der Waals surface area contributed by atoms with E-state index in [1.165, 1.54) is 12.1 Å². The summed E-state index contributed by atoms with van der Waals surface area (Å²) in [7, 11) is -4.19. The Labute approximate surface area is 149 Å².